The molecule has 3 rings (SSSR count). The van der Waals surface area contributed by atoms with Crippen molar-refractivity contribution in [3.8, 4) is 0 Å². The van der Waals surface area contributed by atoms with E-state index in [1.807, 2.05) is 36.4 Å². The Morgan fingerprint density at radius 1 is 1.25 bits per heavy atom. The molecule has 0 radical (unpaired) electrons. The average molecular weight is 266 g/mol. The van der Waals surface area contributed by atoms with Crippen molar-refractivity contribution < 1.29 is 4.79 Å². The van der Waals surface area contributed by atoms with Crippen molar-refractivity contribution in [1.29, 1.82) is 0 Å². The summed E-state index contributed by atoms with van der Waals surface area (Å²) in [5.74, 6) is -0.0604. The Morgan fingerprint density at radius 2 is 2.15 bits per heavy atom. The zero-order valence-corrected chi connectivity index (χ0v) is 11.6. The number of benzene rings is 2. The molecule has 0 unspecified atom stereocenters. The summed E-state index contributed by atoms with van der Waals surface area (Å²) < 4.78 is 0. The van der Waals surface area contributed by atoms with E-state index < -0.39 is 0 Å². The number of fused-ring (bicyclic) bond motifs is 1. The third kappa shape index (κ3) is 2.52. The number of carbonyl (C=O) groups is 1. The molecule has 0 saturated heterocycles. The Labute approximate surface area is 119 Å². The van der Waals surface area contributed by atoms with Crippen LogP contribution in [0.25, 0.3) is 0 Å². The molecule has 3 nitrogen and oxygen atoms in total. The van der Waals surface area contributed by atoms with Gasteiger partial charge in [-0.15, -0.1) is 0 Å². The van der Waals surface area contributed by atoms with Crippen LogP contribution >= 0.6 is 0 Å². The summed E-state index contributed by atoms with van der Waals surface area (Å²) in [6, 6.07) is 13.8. The van der Waals surface area contributed by atoms with E-state index in [0.29, 0.717) is 5.56 Å². The van der Waals surface area contributed by atoms with Crippen molar-refractivity contribution in [3.63, 3.8) is 0 Å². The van der Waals surface area contributed by atoms with Crippen molar-refractivity contribution in [2.75, 3.05) is 17.2 Å². The molecular formula is C17H18N2O. The summed E-state index contributed by atoms with van der Waals surface area (Å²) in [5.41, 5.74) is 5.13. The number of hydrogen-bond acceptors (Lipinski definition) is 2. The number of aryl methyl sites for hydroxylation is 1. The molecule has 20 heavy (non-hydrogen) atoms. The lowest BCUT2D eigenvalue weighted by molar-refractivity contribution is 0.102. The molecule has 0 aromatic heterocycles. The summed E-state index contributed by atoms with van der Waals surface area (Å²) in [6.45, 7) is 3.06. The van der Waals surface area contributed by atoms with Gasteiger partial charge in [-0.2, -0.15) is 0 Å². The van der Waals surface area contributed by atoms with Crippen LogP contribution in [0, 0.1) is 0 Å². The van der Waals surface area contributed by atoms with Gasteiger partial charge in [-0.25, -0.2) is 0 Å². The standard InChI is InChI=1S/C17H18N2O/c1-2-12-4-3-5-15(10-12)19-17(20)14-7-6-13-8-9-18-16(13)11-14/h3-7,10-11,18H,2,8-9H2,1H3,(H,19,20). The van der Waals surface area contributed by atoms with E-state index in [1.165, 1.54) is 11.1 Å². The average Bonchev–Trinajstić information content (AvgIpc) is 2.94. The first-order valence-corrected chi connectivity index (χ1v) is 7.03. The van der Waals surface area contributed by atoms with Gasteiger partial charge in [-0.1, -0.05) is 25.1 Å². The van der Waals surface area contributed by atoms with Crippen molar-refractivity contribution in [3.05, 3.63) is 59.2 Å². The van der Waals surface area contributed by atoms with Crippen LogP contribution in [0.15, 0.2) is 42.5 Å². The lowest BCUT2D eigenvalue weighted by Gasteiger charge is -2.08. The second-order valence-electron chi connectivity index (χ2n) is 5.06. The van der Waals surface area contributed by atoms with Gasteiger partial charge < -0.3 is 10.6 Å². The second kappa shape index (κ2) is 5.37. The van der Waals surface area contributed by atoms with E-state index in [-0.39, 0.29) is 5.91 Å². The van der Waals surface area contributed by atoms with E-state index >= 15 is 0 Å². The predicted molar refractivity (Wildman–Crippen MR) is 82.4 cm³/mol. The van der Waals surface area contributed by atoms with Crippen molar-refractivity contribution >= 4 is 17.3 Å². The highest BCUT2D eigenvalue weighted by molar-refractivity contribution is 6.05. The lowest BCUT2D eigenvalue weighted by Crippen LogP contribution is -2.12. The third-order valence-corrected chi connectivity index (χ3v) is 3.67. The quantitative estimate of drug-likeness (QED) is 0.893. The molecule has 0 saturated carbocycles. The lowest BCUT2D eigenvalue weighted by atomic mass is 10.1. The summed E-state index contributed by atoms with van der Waals surface area (Å²) in [5, 5.41) is 6.25. The molecule has 0 fully saturated rings. The molecule has 1 aliphatic rings. The van der Waals surface area contributed by atoms with Gasteiger partial charge >= 0.3 is 0 Å². The molecule has 102 valence electrons. The van der Waals surface area contributed by atoms with E-state index in [2.05, 4.69) is 23.6 Å². The first kappa shape index (κ1) is 12.7. The van der Waals surface area contributed by atoms with Crippen LogP contribution in [0.2, 0.25) is 0 Å². The number of anilines is 2. The molecule has 1 aliphatic heterocycles. The van der Waals surface area contributed by atoms with Gasteiger partial charge in [-0.05, 0) is 48.2 Å². The van der Waals surface area contributed by atoms with Crippen LogP contribution in [0.4, 0.5) is 11.4 Å². The molecule has 1 amide bonds. The zero-order chi connectivity index (χ0) is 13.9. The summed E-state index contributed by atoms with van der Waals surface area (Å²) >= 11 is 0. The van der Waals surface area contributed by atoms with E-state index in [1.54, 1.807) is 0 Å². The minimum absolute atomic E-state index is 0.0604. The highest BCUT2D eigenvalue weighted by atomic mass is 16.1. The highest BCUT2D eigenvalue weighted by Crippen LogP contribution is 2.23. The predicted octanol–water partition coefficient (Wildman–Crippen LogP) is 3.47. The Morgan fingerprint density at radius 3 is 3.00 bits per heavy atom. The van der Waals surface area contributed by atoms with E-state index in [4.69, 9.17) is 0 Å². The van der Waals surface area contributed by atoms with Gasteiger partial charge in [0.1, 0.15) is 0 Å². The number of rotatable bonds is 3. The fraction of sp³-hybridized carbons (Fsp3) is 0.235. The third-order valence-electron chi connectivity index (χ3n) is 3.67. The van der Waals surface area contributed by atoms with Crippen LogP contribution in [0.1, 0.15) is 28.4 Å². The molecule has 0 aliphatic carbocycles. The SMILES string of the molecule is CCc1cccc(NC(=O)c2ccc3c(c2)NCC3)c1. The summed E-state index contributed by atoms with van der Waals surface area (Å²) in [4.78, 5) is 12.3. The van der Waals surface area contributed by atoms with Gasteiger partial charge in [0.25, 0.3) is 5.91 Å². The van der Waals surface area contributed by atoms with E-state index in [9.17, 15) is 4.79 Å². The van der Waals surface area contributed by atoms with Crippen LogP contribution in [0.3, 0.4) is 0 Å². The maximum Gasteiger partial charge on any atom is 0.255 e. The molecule has 1 heterocycles. The molecule has 3 heteroatoms. The minimum Gasteiger partial charge on any atom is -0.384 e. The minimum atomic E-state index is -0.0604. The molecule has 0 spiro atoms. The van der Waals surface area contributed by atoms with Gasteiger partial charge in [0.05, 0.1) is 0 Å². The first-order valence-electron chi connectivity index (χ1n) is 7.03. The van der Waals surface area contributed by atoms with E-state index in [0.717, 1.165) is 30.8 Å². The zero-order valence-electron chi connectivity index (χ0n) is 11.6. The summed E-state index contributed by atoms with van der Waals surface area (Å²) in [6.07, 6.45) is 2.00. The molecule has 0 bridgehead atoms. The topological polar surface area (TPSA) is 41.1 Å². The highest BCUT2D eigenvalue weighted by Gasteiger charge is 2.13. The fourth-order valence-electron chi connectivity index (χ4n) is 2.50. The Bertz CT molecular complexity index is 649. The Kier molecular flexibility index (Phi) is 3.42. The number of nitrogens with one attached hydrogen (secondary N) is 2. The van der Waals surface area contributed by atoms with Gasteiger partial charge in [0.2, 0.25) is 0 Å². The molecule has 2 aromatic carbocycles. The fourth-order valence-corrected chi connectivity index (χ4v) is 2.50. The normalized spacial score (nSPS) is 12.7. The molecular weight excluding hydrogens is 248 g/mol. The first-order chi connectivity index (χ1) is 9.76. The molecule has 2 N–H and O–H groups in total. The Balaban J connectivity index is 1.79. The maximum absolute atomic E-state index is 12.3. The van der Waals surface area contributed by atoms with Crippen LogP contribution in [-0.4, -0.2) is 12.5 Å². The van der Waals surface area contributed by atoms with Crippen LogP contribution in [-0.2, 0) is 12.8 Å². The smallest absolute Gasteiger partial charge is 0.255 e. The van der Waals surface area contributed by atoms with Crippen LogP contribution in [0.5, 0.6) is 0 Å². The molecule has 0 atom stereocenters. The number of hydrogen-bond donors (Lipinski definition) is 2. The Hall–Kier alpha value is -2.29. The van der Waals surface area contributed by atoms with Gasteiger partial charge in [0, 0.05) is 23.5 Å². The maximum atomic E-state index is 12.3. The number of carbonyl (C=O) groups excluding carboxylic acids is 1. The second-order valence-corrected chi connectivity index (χ2v) is 5.06. The van der Waals surface area contributed by atoms with Crippen molar-refractivity contribution in [2.45, 2.75) is 19.8 Å². The van der Waals surface area contributed by atoms with Gasteiger partial charge in [0.15, 0.2) is 0 Å². The largest absolute Gasteiger partial charge is 0.384 e. The van der Waals surface area contributed by atoms with Gasteiger partial charge in [-0.3, -0.25) is 4.79 Å². The molecule has 2 aromatic rings. The summed E-state index contributed by atoms with van der Waals surface area (Å²) in [7, 11) is 0. The van der Waals surface area contributed by atoms with Crippen molar-refractivity contribution in [2.24, 2.45) is 0 Å². The number of amides is 1. The van der Waals surface area contributed by atoms with Crippen LogP contribution < -0.4 is 10.6 Å². The monoisotopic (exact) mass is 266 g/mol. The van der Waals surface area contributed by atoms with Crippen molar-refractivity contribution in [1.82, 2.24) is 0 Å².